The number of benzene rings is 1. The smallest absolute Gasteiger partial charge is 0.145 e. The molecular formula is C14H16BrNO3S. The van der Waals surface area contributed by atoms with E-state index < -0.39 is 0 Å². The summed E-state index contributed by atoms with van der Waals surface area (Å²) in [5, 5.41) is 0. The van der Waals surface area contributed by atoms with Crippen molar-refractivity contribution in [3.05, 3.63) is 39.0 Å². The molecule has 1 atom stereocenters. The second-order valence-corrected chi connectivity index (χ2v) is 6.53. The summed E-state index contributed by atoms with van der Waals surface area (Å²) in [7, 11) is 3.21. The number of thiophene rings is 1. The molecule has 0 aliphatic rings. The van der Waals surface area contributed by atoms with Crippen LogP contribution >= 0.6 is 27.3 Å². The SMILES string of the molecule is COc1cc(OC)cc(OC(CN)c2ccc(Br)s2)c1. The van der Waals surface area contributed by atoms with Crippen LogP contribution in [0.15, 0.2) is 34.1 Å². The van der Waals surface area contributed by atoms with Gasteiger partial charge in [0.1, 0.15) is 23.4 Å². The molecule has 2 rings (SSSR count). The van der Waals surface area contributed by atoms with E-state index in [-0.39, 0.29) is 6.10 Å². The Labute approximate surface area is 130 Å². The monoisotopic (exact) mass is 357 g/mol. The lowest BCUT2D eigenvalue weighted by molar-refractivity contribution is 0.216. The molecular weight excluding hydrogens is 342 g/mol. The molecule has 0 radical (unpaired) electrons. The van der Waals surface area contributed by atoms with Gasteiger partial charge in [-0.25, -0.2) is 0 Å². The van der Waals surface area contributed by atoms with Gasteiger partial charge in [0.05, 0.1) is 18.0 Å². The maximum absolute atomic E-state index is 5.95. The van der Waals surface area contributed by atoms with E-state index in [9.17, 15) is 0 Å². The molecule has 6 heteroatoms. The first-order chi connectivity index (χ1) is 9.66. The van der Waals surface area contributed by atoms with Gasteiger partial charge in [0.2, 0.25) is 0 Å². The van der Waals surface area contributed by atoms with E-state index >= 15 is 0 Å². The summed E-state index contributed by atoms with van der Waals surface area (Å²) >= 11 is 5.05. The molecule has 0 fully saturated rings. The van der Waals surface area contributed by atoms with Crippen LogP contribution in [0.4, 0.5) is 0 Å². The number of rotatable bonds is 6. The van der Waals surface area contributed by atoms with Crippen molar-refractivity contribution in [3.8, 4) is 17.2 Å². The molecule has 20 heavy (non-hydrogen) atoms. The molecule has 0 amide bonds. The first-order valence-electron chi connectivity index (χ1n) is 6.01. The van der Waals surface area contributed by atoms with Crippen molar-refractivity contribution >= 4 is 27.3 Å². The van der Waals surface area contributed by atoms with Gasteiger partial charge in [0.15, 0.2) is 0 Å². The van der Waals surface area contributed by atoms with Crippen LogP contribution < -0.4 is 19.9 Å². The minimum atomic E-state index is -0.192. The van der Waals surface area contributed by atoms with E-state index in [0.717, 1.165) is 8.66 Å². The Balaban J connectivity index is 2.22. The van der Waals surface area contributed by atoms with E-state index in [4.69, 9.17) is 19.9 Å². The lowest BCUT2D eigenvalue weighted by atomic mass is 10.2. The second-order valence-electron chi connectivity index (χ2n) is 4.03. The highest BCUT2D eigenvalue weighted by molar-refractivity contribution is 9.11. The van der Waals surface area contributed by atoms with Gasteiger partial charge in [0, 0.05) is 29.6 Å². The Morgan fingerprint density at radius 2 is 1.70 bits per heavy atom. The fourth-order valence-electron chi connectivity index (χ4n) is 1.74. The van der Waals surface area contributed by atoms with E-state index in [2.05, 4.69) is 15.9 Å². The fraction of sp³-hybridized carbons (Fsp3) is 0.286. The zero-order valence-corrected chi connectivity index (χ0v) is 13.7. The predicted octanol–water partition coefficient (Wildman–Crippen LogP) is 3.61. The number of nitrogens with two attached hydrogens (primary N) is 1. The molecule has 0 aliphatic carbocycles. The van der Waals surface area contributed by atoms with Crippen LogP contribution in [0.3, 0.4) is 0 Å². The fourth-order valence-corrected chi connectivity index (χ4v) is 3.20. The van der Waals surface area contributed by atoms with Crippen molar-refractivity contribution in [1.82, 2.24) is 0 Å². The van der Waals surface area contributed by atoms with Crippen LogP contribution in [0, 0.1) is 0 Å². The second kappa shape index (κ2) is 6.97. The molecule has 0 saturated carbocycles. The van der Waals surface area contributed by atoms with Gasteiger partial charge in [0.25, 0.3) is 0 Å². The van der Waals surface area contributed by atoms with Crippen LogP contribution in [-0.2, 0) is 0 Å². The maximum atomic E-state index is 5.95. The summed E-state index contributed by atoms with van der Waals surface area (Å²) < 4.78 is 17.5. The number of methoxy groups -OCH3 is 2. The molecule has 0 spiro atoms. The third-order valence-corrected chi connectivity index (χ3v) is 4.44. The minimum absolute atomic E-state index is 0.192. The molecule has 2 aromatic rings. The van der Waals surface area contributed by atoms with Crippen molar-refractivity contribution in [3.63, 3.8) is 0 Å². The van der Waals surface area contributed by atoms with Crippen LogP contribution in [0.5, 0.6) is 17.2 Å². The first-order valence-corrected chi connectivity index (χ1v) is 7.62. The molecule has 1 aromatic carbocycles. The quantitative estimate of drug-likeness (QED) is 0.857. The number of hydrogen-bond donors (Lipinski definition) is 1. The number of hydrogen-bond acceptors (Lipinski definition) is 5. The van der Waals surface area contributed by atoms with Gasteiger partial charge < -0.3 is 19.9 Å². The van der Waals surface area contributed by atoms with Gasteiger partial charge in [-0.15, -0.1) is 11.3 Å². The third-order valence-electron chi connectivity index (χ3n) is 2.73. The summed E-state index contributed by atoms with van der Waals surface area (Å²) in [6.07, 6.45) is -0.192. The van der Waals surface area contributed by atoms with E-state index in [1.807, 2.05) is 24.3 Å². The Hall–Kier alpha value is -1.24. The molecule has 0 bridgehead atoms. The van der Waals surface area contributed by atoms with Gasteiger partial charge in [-0.2, -0.15) is 0 Å². The summed E-state index contributed by atoms with van der Waals surface area (Å²) in [4.78, 5) is 1.07. The molecule has 0 saturated heterocycles. The lowest BCUT2D eigenvalue weighted by Gasteiger charge is -2.17. The van der Waals surface area contributed by atoms with Crippen molar-refractivity contribution in [2.75, 3.05) is 20.8 Å². The van der Waals surface area contributed by atoms with Crippen LogP contribution in [0.25, 0.3) is 0 Å². The van der Waals surface area contributed by atoms with Gasteiger partial charge >= 0.3 is 0 Å². The maximum Gasteiger partial charge on any atom is 0.145 e. The molecule has 1 aromatic heterocycles. The molecule has 0 aliphatic heterocycles. The van der Waals surface area contributed by atoms with Gasteiger partial charge in [-0.3, -0.25) is 0 Å². The minimum Gasteiger partial charge on any atom is -0.496 e. The lowest BCUT2D eigenvalue weighted by Crippen LogP contribution is -2.17. The van der Waals surface area contributed by atoms with Gasteiger partial charge in [-0.05, 0) is 28.1 Å². The molecule has 108 valence electrons. The van der Waals surface area contributed by atoms with E-state index in [1.54, 1.807) is 31.6 Å². The first kappa shape index (κ1) is 15.2. The van der Waals surface area contributed by atoms with Crippen molar-refractivity contribution in [1.29, 1.82) is 0 Å². The summed E-state index contributed by atoms with van der Waals surface area (Å²) in [5.41, 5.74) is 5.81. The molecule has 4 nitrogen and oxygen atoms in total. The topological polar surface area (TPSA) is 53.7 Å². The summed E-state index contributed by atoms with van der Waals surface area (Å²) in [6, 6.07) is 9.41. The normalized spacial score (nSPS) is 12.0. The zero-order valence-electron chi connectivity index (χ0n) is 11.3. The zero-order chi connectivity index (χ0) is 14.5. The highest BCUT2D eigenvalue weighted by Crippen LogP contribution is 2.33. The van der Waals surface area contributed by atoms with Crippen molar-refractivity contribution in [2.45, 2.75) is 6.10 Å². The van der Waals surface area contributed by atoms with E-state index in [0.29, 0.717) is 23.8 Å². The molecule has 1 unspecified atom stereocenters. The van der Waals surface area contributed by atoms with Crippen LogP contribution in [0.1, 0.15) is 11.0 Å². The Morgan fingerprint density at radius 1 is 1.10 bits per heavy atom. The summed E-state index contributed by atoms with van der Waals surface area (Å²) in [5.74, 6) is 2.03. The predicted molar refractivity (Wildman–Crippen MR) is 84.0 cm³/mol. The molecule has 1 heterocycles. The highest BCUT2D eigenvalue weighted by Gasteiger charge is 2.15. The van der Waals surface area contributed by atoms with E-state index in [1.165, 1.54) is 0 Å². The Morgan fingerprint density at radius 3 is 2.15 bits per heavy atom. The average molecular weight is 358 g/mol. The Kier molecular flexibility index (Phi) is 5.28. The average Bonchev–Trinajstić information content (AvgIpc) is 2.90. The Bertz CT molecular complexity index is 551. The number of ether oxygens (including phenoxy) is 3. The largest absolute Gasteiger partial charge is 0.496 e. The standard InChI is InChI=1S/C14H16BrNO3S/c1-17-9-5-10(18-2)7-11(6-9)19-12(8-16)13-3-4-14(15)20-13/h3-7,12H,8,16H2,1-2H3. The summed E-state index contributed by atoms with van der Waals surface area (Å²) in [6.45, 7) is 0.395. The van der Waals surface area contributed by atoms with Gasteiger partial charge in [-0.1, -0.05) is 0 Å². The van der Waals surface area contributed by atoms with Crippen molar-refractivity contribution in [2.24, 2.45) is 5.73 Å². The third kappa shape index (κ3) is 3.65. The number of halogens is 1. The molecule has 2 N–H and O–H groups in total. The van der Waals surface area contributed by atoms with Crippen molar-refractivity contribution < 1.29 is 14.2 Å². The highest BCUT2D eigenvalue weighted by atomic mass is 79.9. The van der Waals surface area contributed by atoms with Crippen LogP contribution in [0.2, 0.25) is 0 Å². The van der Waals surface area contributed by atoms with Crippen LogP contribution in [-0.4, -0.2) is 20.8 Å².